The zero-order chi connectivity index (χ0) is 12.8. The first-order valence-electron chi connectivity index (χ1n) is 4.94. The van der Waals surface area contributed by atoms with Crippen molar-refractivity contribution in [2.75, 3.05) is 25.6 Å². The zero-order valence-electron chi connectivity index (χ0n) is 9.51. The molecule has 0 aliphatic heterocycles. The zero-order valence-corrected chi connectivity index (χ0v) is 10.3. The van der Waals surface area contributed by atoms with Crippen molar-refractivity contribution in [3.05, 3.63) is 21.6 Å². The highest BCUT2D eigenvalue weighted by atomic mass is 35.5. The van der Waals surface area contributed by atoms with Crippen LogP contribution in [0.15, 0.2) is 6.20 Å². The predicted octanol–water partition coefficient (Wildman–Crippen LogP) is 1.73. The molecule has 1 aromatic rings. The number of aromatic nitrogens is 2. The van der Waals surface area contributed by atoms with Gasteiger partial charge in [-0.25, -0.2) is 4.98 Å². The summed E-state index contributed by atoms with van der Waals surface area (Å²) in [5.74, 6) is 0.325. The highest BCUT2D eigenvalue weighted by molar-refractivity contribution is 6.28. The number of halogens is 1. The molecule has 94 valence electrons. The van der Waals surface area contributed by atoms with Crippen molar-refractivity contribution in [1.29, 1.82) is 0 Å². The smallest absolute Gasteiger partial charge is 0.329 e. The summed E-state index contributed by atoms with van der Waals surface area (Å²) in [5, 5.41) is 13.6. The summed E-state index contributed by atoms with van der Waals surface area (Å²) in [6.07, 6.45) is 1.08. The Hall–Kier alpha value is -1.47. The Balaban J connectivity index is 2.75. The first-order valence-corrected chi connectivity index (χ1v) is 5.32. The molecule has 0 bridgehead atoms. The monoisotopic (exact) mass is 260 g/mol. The molecule has 0 amide bonds. The third-order valence-electron chi connectivity index (χ3n) is 2.01. The maximum absolute atomic E-state index is 10.7. The second kappa shape index (κ2) is 6.31. The van der Waals surface area contributed by atoms with Gasteiger partial charge in [-0.1, -0.05) is 6.92 Å². The van der Waals surface area contributed by atoms with Crippen molar-refractivity contribution < 1.29 is 9.66 Å². The summed E-state index contributed by atoms with van der Waals surface area (Å²) in [6.45, 7) is 3.01. The maximum Gasteiger partial charge on any atom is 0.329 e. The van der Waals surface area contributed by atoms with Gasteiger partial charge in [0.2, 0.25) is 11.1 Å². The third kappa shape index (κ3) is 4.12. The Labute approximate surface area is 103 Å². The molecule has 0 saturated carbocycles. The minimum absolute atomic E-state index is 0.0301. The molecule has 0 aliphatic rings. The van der Waals surface area contributed by atoms with E-state index in [1.807, 2.05) is 6.92 Å². The highest BCUT2D eigenvalue weighted by Crippen LogP contribution is 2.22. The number of hydrogen-bond donors (Lipinski definition) is 1. The molecule has 0 aromatic carbocycles. The van der Waals surface area contributed by atoms with Crippen molar-refractivity contribution >= 4 is 23.1 Å². The minimum atomic E-state index is -0.556. The van der Waals surface area contributed by atoms with Crippen LogP contribution in [0.1, 0.15) is 6.92 Å². The van der Waals surface area contributed by atoms with Gasteiger partial charge in [0.15, 0.2) is 0 Å². The molecule has 1 unspecified atom stereocenters. The molecule has 1 heterocycles. The van der Waals surface area contributed by atoms with E-state index in [0.29, 0.717) is 13.2 Å². The van der Waals surface area contributed by atoms with E-state index in [9.17, 15) is 10.1 Å². The number of nitrogens with zero attached hydrogens (tertiary/aromatic N) is 3. The van der Waals surface area contributed by atoms with Crippen LogP contribution in [-0.2, 0) is 4.74 Å². The predicted molar refractivity (Wildman–Crippen MR) is 63.2 cm³/mol. The van der Waals surface area contributed by atoms with E-state index in [2.05, 4.69) is 15.3 Å². The van der Waals surface area contributed by atoms with E-state index >= 15 is 0 Å². The van der Waals surface area contributed by atoms with Crippen LogP contribution in [0.2, 0.25) is 5.28 Å². The number of nitrogens with one attached hydrogen (secondary N) is 1. The average Bonchev–Trinajstić information content (AvgIpc) is 2.26. The van der Waals surface area contributed by atoms with Crippen LogP contribution in [-0.4, -0.2) is 35.2 Å². The van der Waals surface area contributed by atoms with Crippen LogP contribution in [0.5, 0.6) is 0 Å². The molecule has 1 aromatic heterocycles. The second-order valence-electron chi connectivity index (χ2n) is 3.57. The number of rotatable bonds is 6. The maximum atomic E-state index is 10.7. The van der Waals surface area contributed by atoms with Crippen molar-refractivity contribution in [2.45, 2.75) is 6.92 Å². The molecule has 1 atom stereocenters. The van der Waals surface area contributed by atoms with Crippen LogP contribution in [0, 0.1) is 16.0 Å². The van der Waals surface area contributed by atoms with Gasteiger partial charge in [0.05, 0.1) is 11.5 Å². The van der Waals surface area contributed by atoms with Gasteiger partial charge >= 0.3 is 5.69 Å². The highest BCUT2D eigenvalue weighted by Gasteiger charge is 2.17. The Bertz CT molecular complexity index is 402. The molecule has 17 heavy (non-hydrogen) atoms. The largest absolute Gasteiger partial charge is 0.384 e. The SMILES string of the molecule is COCC(C)CNc1nc(Cl)ncc1[N+](=O)[O-]. The molecular weight excluding hydrogens is 248 g/mol. The number of nitro groups is 1. The summed E-state index contributed by atoms with van der Waals surface area (Å²) in [5.41, 5.74) is -0.195. The average molecular weight is 261 g/mol. The molecule has 0 aliphatic carbocycles. The molecule has 8 heteroatoms. The van der Waals surface area contributed by atoms with E-state index in [4.69, 9.17) is 16.3 Å². The fourth-order valence-corrected chi connectivity index (χ4v) is 1.37. The molecule has 0 fully saturated rings. The number of ether oxygens (including phenoxy) is 1. The van der Waals surface area contributed by atoms with Crippen molar-refractivity contribution in [3.63, 3.8) is 0 Å². The van der Waals surface area contributed by atoms with Crippen LogP contribution in [0.4, 0.5) is 11.5 Å². The van der Waals surface area contributed by atoms with Crippen LogP contribution < -0.4 is 5.32 Å². The van der Waals surface area contributed by atoms with E-state index < -0.39 is 4.92 Å². The van der Waals surface area contributed by atoms with E-state index in [1.165, 1.54) is 0 Å². The van der Waals surface area contributed by atoms with Gasteiger partial charge in [0.1, 0.15) is 6.20 Å². The fourth-order valence-electron chi connectivity index (χ4n) is 1.23. The Morgan fingerprint density at radius 3 is 3.00 bits per heavy atom. The molecule has 1 rings (SSSR count). The minimum Gasteiger partial charge on any atom is -0.384 e. The van der Waals surface area contributed by atoms with Crippen LogP contribution in [0.3, 0.4) is 0 Å². The topological polar surface area (TPSA) is 90.2 Å². The lowest BCUT2D eigenvalue weighted by molar-refractivity contribution is -0.384. The lowest BCUT2D eigenvalue weighted by Gasteiger charge is -2.11. The molecule has 0 saturated heterocycles. The number of methoxy groups -OCH3 is 1. The van der Waals surface area contributed by atoms with E-state index in [1.54, 1.807) is 7.11 Å². The van der Waals surface area contributed by atoms with Gasteiger partial charge in [-0.3, -0.25) is 10.1 Å². The standard InChI is InChI=1S/C9H13ClN4O3/c1-6(5-17-2)3-11-8-7(14(15)16)4-12-9(10)13-8/h4,6H,3,5H2,1-2H3,(H,11,12,13). The first kappa shape index (κ1) is 13.6. The van der Waals surface area contributed by atoms with E-state index in [0.717, 1.165) is 6.20 Å². The van der Waals surface area contributed by atoms with Gasteiger partial charge in [-0.05, 0) is 17.5 Å². The van der Waals surface area contributed by atoms with Crippen molar-refractivity contribution in [1.82, 2.24) is 9.97 Å². The van der Waals surface area contributed by atoms with Gasteiger partial charge in [0, 0.05) is 13.7 Å². The summed E-state index contributed by atoms with van der Waals surface area (Å²) in [7, 11) is 1.60. The summed E-state index contributed by atoms with van der Waals surface area (Å²) in [6, 6.07) is 0. The Morgan fingerprint density at radius 1 is 1.71 bits per heavy atom. The van der Waals surface area contributed by atoms with Crippen LogP contribution >= 0.6 is 11.6 Å². The quantitative estimate of drug-likeness (QED) is 0.476. The van der Waals surface area contributed by atoms with Gasteiger partial charge in [-0.2, -0.15) is 4.98 Å². The van der Waals surface area contributed by atoms with E-state index in [-0.39, 0.29) is 22.7 Å². The van der Waals surface area contributed by atoms with Gasteiger partial charge in [0.25, 0.3) is 0 Å². The fraction of sp³-hybridized carbons (Fsp3) is 0.556. The first-order chi connectivity index (χ1) is 8.04. The summed E-state index contributed by atoms with van der Waals surface area (Å²) < 4.78 is 4.96. The van der Waals surface area contributed by atoms with Crippen molar-refractivity contribution in [3.8, 4) is 0 Å². The Kier molecular flexibility index (Phi) is 5.05. The van der Waals surface area contributed by atoms with Crippen LogP contribution in [0.25, 0.3) is 0 Å². The summed E-state index contributed by atoms with van der Waals surface area (Å²) >= 11 is 5.59. The number of hydrogen-bond acceptors (Lipinski definition) is 6. The lowest BCUT2D eigenvalue weighted by Crippen LogP contribution is -2.17. The molecule has 7 nitrogen and oxygen atoms in total. The number of anilines is 1. The van der Waals surface area contributed by atoms with Gasteiger partial charge < -0.3 is 10.1 Å². The lowest BCUT2D eigenvalue weighted by atomic mass is 10.2. The Morgan fingerprint density at radius 2 is 2.41 bits per heavy atom. The molecule has 1 N–H and O–H groups in total. The molecule has 0 radical (unpaired) electrons. The molecule has 0 spiro atoms. The second-order valence-corrected chi connectivity index (χ2v) is 3.91. The normalized spacial score (nSPS) is 12.2. The molecular formula is C9H13ClN4O3. The summed E-state index contributed by atoms with van der Waals surface area (Å²) in [4.78, 5) is 17.5. The van der Waals surface area contributed by atoms with Gasteiger partial charge in [-0.15, -0.1) is 0 Å². The van der Waals surface area contributed by atoms with Crippen molar-refractivity contribution in [2.24, 2.45) is 5.92 Å². The third-order valence-corrected chi connectivity index (χ3v) is 2.19.